The minimum Gasteiger partial charge on any atom is -0.455 e. The second-order valence-corrected chi connectivity index (χ2v) is 9.82. The number of carbonyl (C=O) groups is 2. The van der Waals surface area contributed by atoms with Gasteiger partial charge in [-0.2, -0.15) is 10.2 Å². The van der Waals surface area contributed by atoms with Crippen molar-refractivity contribution < 1.29 is 19.1 Å². The van der Waals surface area contributed by atoms with Crippen LogP contribution in [0.15, 0.2) is 10.2 Å². The molecule has 2 aromatic rings. The Morgan fingerprint density at radius 1 is 0.656 bits per heavy atom. The molecule has 2 heterocycles. The zero-order valence-electron chi connectivity index (χ0n) is 20.7. The summed E-state index contributed by atoms with van der Waals surface area (Å²) in [6, 6.07) is 0. The van der Waals surface area contributed by atoms with E-state index in [4.69, 9.17) is 9.47 Å². The molecule has 0 amide bonds. The number of hydrogen-bond donors (Lipinski definition) is 2. The highest BCUT2D eigenvalue weighted by molar-refractivity contribution is 5.94. The molecule has 0 saturated heterocycles. The average molecular weight is 443 g/mol. The summed E-state index contributed by atoms with van der Waals surface area (Å²) in [5.41, 5.74) is 4.40. The quantitative estimate of drug-likeness (QED) is 0.388. The number of aromatic amines is 2. The molecule has 0 atom stereocenters. The molecule has 8 heteroatoms. The Hall–Kier alpha value is -3.16. The molecule has 2 aromatic heterocycles. The first-order chi connectivity index (χ1) is 14.6. The fourth-order valence-electron chi connectivity index (χ4n) is 2.93. The van der Waals surface area contributed by atoms with Gasteiger partial charge in [0.05, 0.1) is 23.8 Å². The minimum absolute atomic E-state index is 0.403. The second-order valence-electron chi connectivity index (χ2n) is 9.82. The van der Waals surface area contributed by atoms with Gasteiger partial charge in [0.1, 0.15) is 22.6 Å². The first kappa shape index (κ1) is 25.1. The largest absolute Gasteiger partial charge is 0.455 e. The van der Waals surface area contributed by atoms with Gasteiger partial charge < -0.3 is 19.4 Å². The van der Waals surface area contributed by atoms with Crippen LogP contribution in [0, 0.1) is 27.7 Å². The van der Waals surface area contributed by atoms with Crippen LogP contribution in [-0.2, 0) is 9.47 Å². The Balaban J connectivity index is 2.20. The smallest absolute Gasteiger partial charge is 0.355 e. The van der Waals surface area contributed by atoms with E-state index in [0.29, 0.717) is 22.8 Å². The SMILES string of the molecule is Cc1c(/C=N\N=C/c2[nH]c(C(=O)OC(C)(C)C)c(C)c2C)[nH]c(C(=O)OC(C)(C)C)c1C. The number of ether oxygens (including phenoxy) is 2. The predicted octanol–water partition coefficient (Wildman–Crippen LogP) is 4.94. The minimum atomic E-state index is -0.578. The van der Waals surface area contributed by atoms with Crippen molar-refractivity contribution in [2.24, 2.45) is 10.2 Å². The maximum atomic E-state index is 12.4. The molecule has 0 saturated carbocycles. The van der Waals surface area contributed by atoms with E-state index in [1.54, 1.807) is 12.4 Å². The Morgan fingerprint density at radius 3 is 1.25 bits per heavy atom. The van der Waals surface area contributed by atoms with E-state index in [-0.39, 0.29) is 0 Å². The van der Waals surface area contributed by atoms with Gasteiger partial charge >= 0.3 is 11.9 Å². The van der Waals surface area contributed by atoms with Crippen LogP contribution < -0.4 is 0 Å². The molecule has 0 aliphatic rings. The summed E-state index contributed by atoms with van der Waals surface area (Å²) >= 11 is 0. The number of esters is 2. The monoisotopic (exact) mass is 442 g/mol. The molecule has 0 bridgehead atoms. The van der Waals surface area contributed by atoms with Gasteiger partial charge in [0.15, 0.2) is 0 Å². The van der Waals surface area contributed by atoms with Gasteiger partial charge in [-0.15, -0.1) is 0 Å². The predicted molar refractivity (Wildman–Crippen MR) is 126 cm³/mol. The third-order valence-electron chi connectivity index (χ3n) is 4.85. The highest BCUT2D eigenvalue weighted by Gasteiger charge is 2.23. The van der Waals surface area contributed by atoms with Crippen molar-refractivity contribution in [3.63, 3.8) is 0 Å². The summed E-state index contributed by atoms with van der Waals surface area (Å²) < 4.78 is 10.9. The van der Waals surface area contributed by atoms with Crippen LogP contribution in [0.3, 0.4) is 0 Å². The number of hydrogen-bond acceptors (Lipinski definition) is 6. The van der Waals surface area contributed by atoms with Crippen molar-refractivity contribution in [3.05, 3.63) is 45.0 Å². The fraction of sp³-hybridized carbons (Fsp3) is 0.500. The first-order valence-corrected chi connectivity index (χ1v) is 10.5. The van der Waals surface area contributed by atoms with Gasteiger partial charge in [-0.1, -0.05) is 0 Å². The van der Waals surface area contributed by atoms with Gasteiger partial charge in [-0.3, -0.25) is 0 Å². The lowest BCUT2D eigenvalue weighted by molar-refractivity contribution is 0.00503. The van der Waals surface area contributed by atoms with Gasteiger partial charge in [-0.05, 0) is 91.5 Å². The maximum absolute atomic E-state index is 12.4. The molecule has 0 aromatic carbocycles. The summed E-state index contributed by atoms with van der Waals surface area (Å²) in [6.45, 7) is 18.5. The lowest BCUT2D eigenvalue weighted by atomic mass is 10.1. The zero-order chi connectivity index (χ0) is 24.4. The van der Waals surface area contributed by atoms with E-state index in [2.05, 4.69) is 20.2 Å². The van der Waals surface area contributed by atoms with Crippen molar-refractivity contribution in [1.82, 2.24) is 9.97 Å². The van der Waals surface area contributed by atoms with E-state index >= 15 is 0 Å². The van der Waals surface area contributed by atoms with E-state index in [1.165, 1.54) is 0 Å². The summed E-state index contributed by atoms with van der Waals surface area (Å²) in [4.78, 5) is 30.9. The number of H-pyrrole nitrogens is 2. The van der Waals surface area contributed by atoms with Crippen LogP contribution in [0.1, 0.15) is 96.2 Å². The maximum Gasteiger partial charge on any atom is 0.355 e. The summed E-state index contributed by atoms with van der Waals surface area (Å²) in [7, 11) is 0. The van der Waals surface area contributed by atoms with Crippen molar-refractivity contribution in [2.45, 2.75) is 80.4 Å². The molecule has 174 valence electrons. The normalized spacial score (nSPS) is 12.7. The number of carbonyl (C=O) groups excluding carboxylic acids is 2. The van der Waals surface area contributed by atoms with E-state index in [0.717, 1.165) is 22.3 Å². The summed E-state index contributed by atoms with van der Waals surface area (Å²) in [5.74, 6) is -0.818. The summed E-state index contributed by atoms with van der Waals surface area (Å²) in [6.07, 6.45) is 3.10. The van der Waals surface area contributed by atoms with Crippen molar-refractivity contribution >= 4 is 24.4 Å². The van der Waals surface area contributed by atoms with Crippen LogP contribution >= 0.6 is 0 Å². The molecule has 2 N–H and O–H groups in total. The average Bonchev–Trinajstić information content (AvgIpc) is 3.07. The lowest BCUT2D eigenvalue weighted by Crippen LogP contribution is -2.24. The Kier molecular flexibility index (Phi) is 7.17. The van der Waals surface area contributed by atoms with Crippen LogP contribution in [0.25, 0.3) is 0 Å². The number of aromatic nitrogens is 2. The third-order valence-corrected chi connectivity index (χ3v) is 4.85. The topological polar surface area (TPSA) is 109 Å². The van der Waals surface area contributed by atoms with Crippen LogP contribution in [0.4, 0.5) is 0 Å². The highest BCUT2D eigenvalue weighted by Crippen LogP contribution is 2.21. The number of nitrogens with zero attached hydrogens (tertiary/aromatic N) is 2. The van der Waals surface area contributed by atoms with Gasteiger partial charge in [0.25, 0.3) is 0 Å². The number of nitrogens with one attached hydrogen (secondary N) is 2. The van der Waals surface area contributed by atoms with Gasteiger partial charge in [-0.25, -0.2) is 9.59 Å². The molecule has 8 nitrogen and oxygen atoms in total. The molecule has 0 aliphatic carbocycles. The lowest BCUT2D eigenvalue weighted by Gasteiger charge is -2.19. The third kappa shape index (κ3) is 6.18. The zero-order valence-corrected chi connectivity index (χ0v) is 20.7. The van der Waals surface area contributed by atoms with Gasteiger partial charge in [0.2, 0.25) is 0 Å². The molecule has 0 spiro atoms. The molecular formula is C24H34N4O4. The van der Waals surface area contributed by atoms with Crippen molar-refractivity contribution in [2.75, 3.05) is 0 Å². The van der Waals surface area contributed by atoms with E-state index < -0.39 is 23.1 Å². The van der Waals surface area contributed by atoms with Crippen molar-refractivity contribution in [1.29, 1.82) is 0 Å². The highest BCUT2D eigenvalue weighted by atomic mass is 16.6. The number of rotatable bonds is 5. The molecule has 0 unspecified atom stereocenters. The molecule has 0 aliphatic heterocycles. The Bertz CT molecular complexity index is 987. The fourth-order valence-corrected chi connectivity index (χ4v) is 2.93. The van der Waals surface area contributed by atoms with E-state index in [1.807, 2.05) is 69.2 Å². The van der Waals surface area contributed by atoms with Crippen LogP contribution in [0.2, 0.25) is 0 Å². The Morgan fingerprint density at radius 2 is 0.969 bits per heavy atom. The van der Waals surface area contributed by atoms with Crippen LogP contribution in [0.5, 0.6) is 0 Å². The molecular weight excluding hydrogens is 408 g/mol. The Labute approximate surface area is 189 Å². The summed E-state index contributed by atoms with van der Waals surface area (Å²) in [5, 5.41) is 8.19. The second kappa shape index (κ2) is 9.14. The molecule has 0 radical (unpaired) electrons. The molecule has 2 rings (SSSR count). The van der Waals surface area contributed by atoms with E-state index in [9.17, 15) is 9.59 Å². The standard InChI is InChI=1S/C24H34N4O4/c1-13-15(3)19(21(29)31-23(5,6)7)27-17(13)11-25-26-12-18-14(2)16(4)20(28-18)22(30)32-24(8,9)10/h11-12,27-28H,1-10H3/b25-11-,26-12-. The first-order valence-electron chi connectivity index (χ1n) is 10.5. The van der Waals surface area contributed by atoms with Gasteiger partial charge in [0, 0.05) is 0 Å². The van der Waals surface area contributed by atoms with Crippen LogP contribution in [-0.4, -0.2) is 45.5 Å². The molecule has 0 fully saturated rings. The van der Waals surface area contributed by atoms with Crippen molar-refractivity contribution in [3.8, 4) is 0 Å². The molecule has 32 heavy (non-hydrogen) atoms.